The summed E-state index contributed by atoms with van der Waals surface area (Å²) in [6.07, 6.45) is 0.870. The van der Waals surface area contributed by atoms with Gasteiger partial charge in [0.25, 0.3) is 6.47 Å². The Balaban J connectivity index is 1.66. The predicted octanol–water partition coefficient (Wildman–Crippen LogP) is 1.10. The minimum Gasteiger partial charge on any atom is -0.449 e. The van der Waals surface area contributed by atoms with Crippen molar-refractivity contribution >= 4 is 12.6 Å². The molecule has 0 saturated heterocycles. The van der Waals surface area contributed by atoms with Crippen LogP contribution < -0.4 is 11.1 Å². The highest BCUT2D eigenvalue weighted by molar-refractivity contribution is 5.67. The van der Waals surface area contributed by atoms with Crippen LogP contribution in [0.5, 0.6) is 0 Å². The number of amides is 1. The van der Waals surface area contributed by atoms with Gasteiger partial charge in [-0.05, 0) is 31.7 Å². The Kier molecular flexibility index (Phi) is 8.04. The third-order valence-corrected chi connectivity index (χ3v) is 3.58. The van der Waals surface area contributed by atoms with Gasteiger partial charge >= 0.3 is 6.09 Å². The summed E-state index contributed by atoms with van der Waals surface area (Å²) >= 11 is 0. The van der Waals surface area contributed by atoms with Gasteiger partial charge in [0.2, 0.25) is 5.82 Å². The highest BCUT2D eigenvalue weighted by atomic mass is 16.5. The van der Waals surface area contributed by atoms with Gasteiger partial charge in [0.15, 0.2) is 12.1 Å². The minimum absolute atomic E-state index is 0.148. The molecule has 3 N–H and O–H groups in total. The largest absolute Gasteiger partial charge is 0.449 e. The van der Waals surface area contributed by atoms with Crippen molar-refractivity contribution in [2.45, 2.75) is 39.0 Å². The van der Waals surface area contributed by atoms with Crippen LogP contribution in [0.3, 0.4) is 0 Å². The van der Waals surface area contributed by atoms with Gasteiger partial charge in [0, 0.05) is 12.1 Å². The molecule has 27 heavy (non-hydrogen) atoms. The monoisotopic (exact) mass is 374 g/mol. The summed E-state index contributed by atoms with van der Waals surface area (Å²) in [5.41, 5.74) is 7.12. The number of unbranched alkanes of at least 4 members (excludes halogenated alkanes) is 1. The normalized spacial score (nSPS) is 11.5. The van der Waals surface area contributed by atoms with Crippen molar-refractivity contribution < 1.29 is 19.1 Å². The standard InChI is InChI=1S/C17H22N6O4/c1-12-20-22-16(23-21-12)14-7-5-13(6-8-14)10-26-17(25)19-9-3-2-4-15(18)27-11-24/h5-8,11,15H,2-4,9-10,18H2,1H3,(H,19,25). The van der Waals surface area contributed by atoms with E-state index < -0.39 is 12.3 Å². The van der Waals surface area contributed by atoms with Gasteiger partial charge in [0.1, 0.15) is 6.61 Å². The molecule has 1 aromatic carbocycles. The number of hydrogen-bond donors (Lipinski definition) is 2. The summed E-state index contributed by atoms with van der Waals surface area (Å²) in [7, 11) is 0. The second-order valence-electron chi connectivity index (χ2n) is 5.74. The second kappa shape index (κ2) is 10.8. The smallest absolute Gasteiger partial charge is 0.407 e. The number of nitrogens with zero attached hydrogens (tertiary/aromatic N) is 4. The average molecular weight is 374 g/mol. The molecule has 0 aliphatic heterocycles. The summed E-state index contributed by atoms with van der Waals surface area (Å²) in [5, 5.41) is 18.3. The first-order chi connectivity index (χ1) is 13.1. The fourth-order valence-electron chi connectivity index (χ4n) is 2.15. The van der Waals surface area contributed by atoms with Crippen LogP contribution in [0, 0.1) is 6.92 Å². The van der Waals surface area contributed by atoms with Crippen LogP contribution in [0.25, 0.3) is 11.4 Å². The number of aromatic nitrogens is 4. The first-order valence-electron chi connectivity index (χ1n) is 8.47. The van der Waals surface area contributed by atoms with Gasteiger partial charge in [-0.25, -0.2) is 4.79 Å². The quantitative estimate of drug-likeness (QED) is 0.355. The van der Waals surface area contributed by atoms with Crippen LogP contribution in [0.15, 0.2) is 24.3 Å². The van der Waals surface area contributed by atoms with E-state index >= 15 is 0 Å². The molecule has 0 fully saturated rings. The van der Waals surface area contributed by atoms with Crippen LogP contribution >= 0.6 is 0 Å². The van der Waals surface area contributed by atoms with Crippen molar-refractivity contribution in [3.05, 3.63) is 35.7 Å². The molecule has 0 aliphatic carbocycles. The van der Waals surface area contributed by atoms with Crippen molar-refractivity contribution in [1.82, 2.24) is 25.7 Å². The number of nitrogens with two attached hydrogens (primary N) is 1. The van der Waals surface area contributed by atoms with E-state index in [1.54, 1.807) is 6.92 Å². The fraction of sp³-hybridized carbons (Fsp3) is 0.412. The van der Waals surface area contributed by atoms with E-state index in [2.05, 4.69) is 30.4 Å². The molecule has 0 saturated carbocycles. The van der Waals surface area contributed by atoms with Crippen molar-refractivity contribution in [1.29, 1.82) is 0 Å². The Labute approximate surface area is 156 Å². The molecule has 1 aromatic heterocycles. The van der Waals surface area contributed by atoms with Gasteiger partial charge < -0.3 is 14.8 Å². The number of benzene rings is 1. The molecular formula is C17H22N6O4. The Bertz CT molecular complexity index is 723. The van der Waals surface area contributed by atoms with E-state index in [-0.39, 0.29) is 6.61 Å². The summed E-state index contributed by atoms with van der Waals surface area (Å²) < 4.78 is 9.72. The van der Waals surface area contributed by atoms with Crippen LogP contribution in [0.2, 0.25) is 0 Å². The number of ether oxygens (including phenoxy) is 2. The number of carbonyl (C=O) groups is 2. The van der Waals surface area contributed by atoms with Crippen LogP contribution in [-0.2, 0) is 20.9 Å². The molecular weight excluding hydrogens is 352 g/mol. The Morgan fingerprint density at radius 2 is 1.89 bits per heavy atom. The summed E-state index contributed by atoms with van der Waals surface area (Å²) in [4.78, 5) is 21.8. The third-order valence-electron chi connectivity index (χ3n) is 3.58. The fourth-order valence-corrected chi connectivity index (χ4v) is 2.15. The zero-order valence-corrected chi connectivity index (χ0v) is 15.0. The number of aryl methyl sites for hydroxylation is 1. The van der Waals surface area contributed by atoms with Crippen LogP contribution in [-0.4, -0.2) is 45.7 Å². The van der Waals surface area contributed by atoms with Gasteiger partial charge in [-0.15, -0.1) is 20.4 Å². The summed E-state index contributed by atoms with van der Waals surface area (Å²) in [6, 6.07) is 7.27. The topological polar surface area (TPSA) is 142 Å². The van der Waals surface area contributed by atoms with Gasteiger partial charge in [-0.1, -0.05) is 24.3 Å². The lowest BCUT2D eigenvalue weighted by molar-refractivity contribution is -0.133. The van der Waals surface area contributed by atoms with E-state index in [1.807, 2.05) is 24.3 Å². The lowest BCUT2D eigenvalue weighted by atomic mass is 10.1. The number of rotatable bonds is 10. The summed E-state index contributed by atoms with van der Waals surface area (Å²) in [6.45, 7) is 2.65. The second-order valence-corrected chi connectivity index (χ2v) is 5.74. The van der Waals surface area contributed by atoms with Crippen molar-refractivity contribution in [2.24, 2.45) is 5.73 Å². The number of hydrogen-bond acceptors (Lipinski definition) is 9. The zero-order chi connectivity index (χ0) is 19.5. The van der Waals surface area contributed by atoms with Gasteiger partial charge in [0.05, 0.1) is 0 Å². The van der Waals surface area contributed by atoms with Gasteiger partial charge in [-0.2, -0.15) is 0 Å². The van der Waals surface area contributed by atoms with E-state index in [0.717, 1.165) is 17.5 Å². The maximum absolute atomic E-state index is 11.7. The molecule has 2 aromatic rings. The molecule has 0 spiro atoms. The van der Waals surface area contributed by atoms with E-state index in [9.17, 15) is 9.59 Å². The molecule has 1 amide bonds. The molecule has 144 valence electrons. The molecule has 0 aliphatic rings. The van der Waals surface area contributed by atoms with Crippen LogP contribution in [0.4, 0.5) is 4.79 Å². The Morgan fingerprint density at radius 3 is 2.56 bits per heavy atom. The van der Waals surface area contributed by atoms with Crippen LogP contribution in [0.1, 0.15) is 30.7 Å². The van der Waals surface area contributed by atoms with Crippen molar-refractivity contribution in [3.8, 4) is 11.4 Å². The SMILES string of the molecule is Cc1nnc(-c2ccc(COC(=O)NCCCCC(N)OC=O)cc2)nn1. The molecule has 2 rings (SSSR count). The van der Waals surface area contributed by atoms with Crippen molar-refractivity contribution in [3.63, 3.8) is 0 Å². The maximum Gasteiger partial charge on any atom is 0.407 e. The number of carbonyl (C=O) groups excluding carboxylic acids is 2. The number of nitrogens with one attached hydrogen (secondary N) is 1. The maximum atomic E-state index is 11.7. The highest BCUT2D eigenvalue weighted by Gasteiger charge is 2.06. The summed E-state index contributed by atoms with van der Waals surface area (Å²) in [5.74, 6) is 0.941. The molecule has 10 heteroatoms. The average Bonchev–Trinajstić information content (AvgIpc) is 2.67. The molecule has 0 bridgehead atoms. The Morgan fingerprint density at radius 1 is 1.19 bits per heavy atom. The van der Waals surface area contributed by atoms with E-state index in [4.69, 9.17) is 10.5 Å². The lowest BCUT2D eigenvalue weighted by Crippen LogP contribution is -2.26. The molecule has 1 atom stereocenters. The molecule has 1 heterocycles. The highest BCUT2D eigenvalue weighted by Crippen LogP contribution is 2.14. The first kappa shape index (κ1) is 20.2. The molecule has 10 nitrogen and oxygen atoms in total. The molecule has 1 unspecified atom stereocenters. The zero-order valence-electron chi connectivity index (χ0n) is 15.0. The van der Waals surface area contributed by atoms with E-state index in [0.29, 0.717) is 37.5 Å². The lowest BCUT2D eigenvalue weighted by Gasteiger charge is -2.10. The predicted molar refractivity (Wildman–Crippen MR) is 95.0 cm³/mol. The Hall–Kier alpha value is -3.14. The van der Waals surface area contributed by atoms with Crippen molar-refractivity contribution in [2.75, 3.05) is 6.54 Å². The first-order valence-corrected chi connectivity index (χ1v) is 8.47. The minimum atomic E-state index is -0.603. The third kappa shape index (κ3) is 7.32. The van der Waals surface area contributed by atoms with E-state index in [1.165, 1.54) is 0 Å². The molecule has 0 radical (unpaired) electrons. The number of alkyl carbamates (subject to hydrolysis) is 1. The van der Waals surface area contributed by atoms with Gasteiger partial charge in [-0.3, -0.25) is 10.5 Å².